The second kappa shape index (κ2) is 7.60. The molecule has 2 rings (SSSR count). The number of aliphatic hydroxyl groups is 1. The first-order valence-corrected chi connectivity index (χ1v) is 8.22. The number of rotatable bonds is 6. The molecule has 1 fully saturated rings. The van der Waals surface area contributed by atoms with Crippen LogP contribution >= 0.6 is 11.8 Å². The lowest BCUT2D eigenvalue weighted by atomic mass is 10.1. The van der Waals surface area contributed by atoms with Gasteiger partial charge in [-0.3, -0.25) is 14.9 Å². The zero-order chi connectivity index (χ0) is 16.1. The number of nitro groups is 1. The zero-order valence-corrected chi connectivity index (χ0v) is 13.2. The second-order valence-corrected chi connectivity index (χ2v) is 6.93. The molecule has 0 radical (unpaired) electrons. The number of carbonyl (C=O) groups is 1. The summed E-state index contributed by atoms with van der Waals surface area (Å²) in [5, 5.41) is 22.9. The van der Waals surface area contributed by atoms with Crippen molar-refractivity contribution in [2.24, 2.45) is 5.92 Å². The van der Waals surface area contributed by atoms with Crippen molar-refractivity contribution < 1.29 is 14.8 Å². The molecule has 1 aliphatic rings. The predicted octanol–water partition coefficient (Wildman–Crippen LogP) is 2.35. The van der Waals surface area contributed by atoms with Gasteiger partial charge in [0.05, 0.1) is 16.3 Å². The number of hydrogen-bond acceptors (Lipinski definition) is 5. The van der Waals surface area contributed by atoms with Crippen LogP contribution in [0, 0.1) is 16.0 Å². The monoisotopic (exact) mass is 324 g/mol. The highest BCUT2D eigenvalue weighted by Crippen LogP contribution is 2.27. The van der Waals surface area contributed by atoms with Crippen molar-refractivity contribution in [2.45, 2.75) is 42.4 Å². The van der Waals surface area contributed by atoms with Crippen molar-refractivity contribution in [1.29, 1.82) is 0 Å². The molecule has 0 saturated heterocycles. The Bertz CT molecular complexity index is 535. The molecule has 120 valence electrons. The molecule has 0 aliphatic heterocycles. The third-order valence-electron chi connectivity index (χ3n) is 3.89. The minimum absolute atomic E-state index is 0.0386. The Morgan fingerprint density at radius 2 is 2.14 bits per heavy atom. The largest absolute Gasteiger partial charge is 0.393 e. The predicted molar refractivity (Wildman–Crippen MR) is 84.8 cm³/mol. The van der Waals surface area contributed by atoms with E-state index in [1.807, 2.05) is 0 Å². The van der Waals surface area contributed by atoms with Crippen molar-refractivity contribution in [3.63, 3.8) is 0 Å². The summed E-state index contributed by atoms with van der Waals surface area (Å²) in [5.41, 5.74) is 0.0386. The molecule has 1 amide bonds. The van der Waals surface area contributed by atoms with E-state index in [4.69, 9.17) is 0 Å². The van der Waals surface area contributed by atoms with Crippen LogP contribution in [0.4, 0.5) is 5.69 Å². The van der Waals surface area contributed by atoms with E-state index in [0.717, 1.165) is 24.2 Å². The number of carbonyl (C=O) groups excluding carboxylic acids is 1. The molecule has 7 heteroatoms. The Hall–Kier alpha value is -1.60. The van der Waals surface area contributed by atoms with Crippen LogP contribution in [-0.2, 0) is 4.79 Å². The first-order valence-electron chi connectivity index (χ1n) is 7.34. The van der Waals surface area contributed by atoms with E-state index in [-0.39, 0.29) is 28.9 Å². The number of thioether (sulfide) groups is 1. The van der Waals surface area contributed by atoms with Gasteiger partial charge in [0, 0.05) is 29.5 Å². The van der Waals surface area contributed by atoms with Crippen molar-refractivity contribution >= 4 is 23.4 Å². The lowest BCUT2D eigenvalue weighted by molar-refractivity contribution is -0.384. The maximum Gasteiger partial charge on any atom is 0.269 e. The quantitative estimate of drug-likeness (QED) is 0.476. The standard InChI is InChI=1S/C15H20N2O4S/c1-10(15(19)16-9-11-3-2-4-14(11)18)22-13-7-5-12(6-8-13)17(20)21/h5-8,10-11,14,18H,2-4,9H2,1H3,(H,16,19)/t10-,11+,14-/m0/s1. The van der Waals surface area contributed by atoms with Crippen molar-refractivity contribution in [3.8, 4) is 0 Å². The fourth-order valence-corrected chi connectivity index (χ4v) is 3.43. The fourth-order valence-electron chi connectivity index (χ4n) is 2.53. The smallest absolute Gasteiger partial charge is 0.269 e. The van der Waals surface area contributed by atoms with Gasteiger partial charge in [-0.15, -0.1) is 11.8 Å². The highest BCUT2D eigenvalue weighted by Gasteiger charge is 2.26. The summed E-state index contributed by atoms with van der Waals surface area (Å²) in [5.74, 6) is 0.0722. The number of non-ortho nitro benzene ring substituents is 1. The van der Waals surface area contributed by atoms with Gasteiger partial charge in [-0.05, 0) is 31.9 Å². The van der Waals surface area contributed by atoms with Gasteiger partial charge in [0.15, 0.2) is 0 Å². The zero-order valence-electron chi connectivity index (χ0n) is 12.4. The Morgan fingerprint density at radius 1 is 1.45 bits per heavy atom. The van der Waals surface area contributed by atoms with Crippen LogP contribution in [-0.4, -0.2) is 33.8 Å². The number of amides is 1. The molecule has 6 nitrogen and oxygen atoms in total. The first kappa shape index (κ1) is 16.8. The fraction of sp³-hybridized carbons (Fsp3) is 0.533. The molecule has 0 heterocycles. The molecule has 0 spiro atoms. The first-order chi connectivity index (χ1) is 10.5. The van der Waals surface area contributed by atoms with Crippen LogP contribution in [0.5, 0.6) is 0 Å². The summed E-state index contributed by atoms with van der Waals surface area (Å²) >= 11 is 1.36. The molecule has 1 saturated carbocycles. The molecule has 1 aliphatic carbocycles. The summed E-state index contributed by atoms with van der Waals surface area (Å²) in [6.45, 7) is 2.30. The van der Waals surface area contributed by atoms with Gasteiger partial charge >= 0.3 is 0 Å². The van der Waals surface area contributed by atoms with Gasteiger partial charge in [0.2, 0.25) is 5.91 Å². The van der Waals surface area contributed by atoms with E-state index in [1.54, 1.807) is 19.1 Å². The van der Waals surface area contributed by atoms with Crippen LogP contribution in [0.1, 0.15) is 26.2 Å². The number of nitrogens with zero attached hydrogens (tertiary/aromatic N) is 1. The van der Waals surface area contributed by atoms with Gasteiger partial charge in [-0.25, -0.2) is 0 Å². The van der Waals surface area contributed by atoms with E-state index >= 15 is 0 Å². The Labute approximate surface area is 133 Å². The van der Waals surface area contributed by atoms with Crippen LogP contribution in [0.15, 0.2) is 29.2 Å². The van der Waals surface area contributed by atoms with Crippen LogP contribution in [0.25, 0.3) is 0 Å². The van der Waals surface area contributed by atoms with E-state index in [9.17, 15) is 20.0 Å². The molecule has 2 N–H and O–H groups in total. The van der Waals surface area contributed by atoms with Gasteiger partial charge in [-0.1, -0.05) is 6.42 Å². The number of nitro benzene ring substituents is 1. The van der Waals surface area contributed by atoms with E-state index in [0.29, 0.717) is 6.54 Å². The highest BCUT2D eigenvalue weighted by atomic mass is 32.2. The summed E-state index contributed by atoms with van der Waals surface area (Å²) in [6.07, 6.45) is 2.46. The Kier molecular flexibility index (Phi) is 5.79. The van der Waals surface area contributed by atoms with E-state index in [2.05, 4.69) is 5.32 Å². The molecular weight excluding hydrogens is 304 g/mol. The number of benzene rings is 1. The second-order valence-electron chi connectivity index (χ2n) is 5.51. The third kappa shape index (κ3) is 4.45. The number of hydrogen-bond donors (Lipinski definition) is 2. The molecule has 3 atom stereocenters. The van der Waals surface area contributed by atoms with Crippen molar-refractivity contribution in [3.05, 3.63) is 34.4 Å². The lowest BCUT2D eigenvalue weighted by Crippen LogP contribution is -2.36. The summed E-state index contributed by atoms with van der Waals surface area (Å²) in [7, 11) is 0. The van der Waals surface area contributed by atoms with Gasteiger partial charge < -0.3 is 10.4 Å². The minimum Gasteiger partial charge on any atom is -0.393 e. The molecule has 1 aromatic rings. The molecular formula is C15H20N2O4S. The van der Waals surface area contributed by atoms with Crippen LogP contribution < -0.4 is 5.32 Å². The maximum atomic E-state index is 12.1. The summed E-state index contributed by atoms with van der Waals surface area (Å²) < 4.78 is 0. The molecule has 0 bridgehead atoms. The van der Waals surface area contributed by atoms with Gasteiger partial charge in [0.1, 0.15) is 0 Å². The lowest BCUT2D eigenvalue weighted by Gasteiger charge is -2.17. The van der Waals surface area contributed by atoms with Crippen LogP contribution in [0.2, 0.25) is 0 Å². The number of aliphatic hydroxyl groups excluding tert-OH is 1. The number of nitrogens with one attached hydrogen (secondary N) is 1. The van der Waals surface area contributed by atoms with Crippen LogP contribution in [0.3, 0.4) is 0 Å². The average Bonchev–Trinajstić information content (AvgIpc) is 2.90. The average molecular weight is 324 g/mol. The summed E-state index contributed by atoms with van der Waals surface area (Å²) in [6, 6.07) is 6.16. The van der Waals surface area contributed by atoms with Gasteiger partial charge in [0.25, 0.3) is 5.69 Å². The van der Waals surface area contributed by atoms with Crippen molar-refractivity contribution in [2.75, 3.05) is 6.54 Å². The highest BCUT2D eigenvalue weighted by molar-refractivity contribution is 8.00. The molecule has 1 aromatic carbocycles. The minimum atomic E-state index is -0.447. The van der Waals surface area contributed by atoms with Crippen molar-refractivity contribution in [1.82, 2.24) is 5.32 Å². The van der Waals surface area contributed by atoms with Gasteiger partial charge in [-0.2, -0.15) is 0 Å². The SMILES string of the molecule is C[C@H](Sc1ccc([N+](=O)[O-])cc1)C(=O)NC[C@H]1CCC[C@@H]1O. The molecule has 0 unspecified atom stereocenters. The third-order valence-corrected chi connectivity index (χ3v) is 5.00. The Balaban J connectivity index is 1.81. The van der Waals surface area contributed by atoms with E-state index < -0.39 is 4.92 Å². The molecule has 0 aromatic heterocycles. The van der Waals surface area contributed by atoms with E-state index in [1.165, 1.54) is 23.9 Å². The summed E-state index contributed by atoms with van der Waals surface area (Å²) in [4.78, 5) is 23.0. The normalized spacial score (nSPS) is 22.3. The molecule has 22 heavy (non-hydrogen) atoms. The topological polar surface area (TPSA) is 92.5 Å². The maximum absolute atomic E-state index is 12.1. The Morgan fingerprint density at radius 3 is 2.68 bits per heavy atom.